The lowest BCUT2D eigenvalue weighted by Gasteiger charge is -2.08. The van der Waals surface area contributed by atoms with Crippen LogP contribution in [0.2, 0.25) is 0 Å². The van der Waals surface area contributed by atoms with Crippen LogP contribution in [0, 0.1) is 0 Å². The third-order valence-electron chi connectivity index (χ3n) is 3.89. The van der Waals surface area contributed by atoms with Crippen LogP contribution in [0.15, 0.2) is 24.3 Å². The van der Waals surface area contributed by atoms with E-state index in [1.54, 1.807) is 0 Å². The Labute approximate surface area is 137 Å². The molecule has 22 heavy (non-hydrogen) atoms. The average Bonchev–Trinajstić information content (AvgIpc) is 2.53. The number of benzene rings is 1. The predicted octanol–water partition coefficient (Wildman–Crippen LogP) is 3.27. The monoisotopic (exact) mass is 305 g/mol. The summed E-state index contributed by atoms with van der Waals surface area (Å²) in [5.41, 5.74) is 2.80. The Kier molecular flexibility index (Phi) is 11.0. The van der Waals surface area contributed by atoms with E-state index in [0.717, 1.165) is 39.3 Å². The minimum atomic E-state index is 0.618. The quantitative estimate of drug-likeness (QED) is 0.490. The predicted molar refractivity (Wildman–Crippen MR) is 97.5 cm³/mol. The smallest absolute Gasteiger partial charge is 0.0205 e. The Bertz CT molecular complexity index is 359. The maximum absolute atomic E-state index is 3.53. The fourth-order valence-electron chi connectivity index (χ4n) is 2.39. The van der Waals surface area contributed by atoms with Crippen LogP contribution in [-0.2, 0) is 6.54 Å². The highest BCUT2D eigenvalue weighted by Crippen LogP contribution is 2.14. The summed E-state index contributed by atoms with van der Waals surface area (Å²) in [5, 5.41) is 10.4. The molecule has 0 fully saturated rings. The van der Waals surface area contributed by atoms with Gasteiger partial charge in [0.25, 0.3) is 0 Å². The van der Waals surface area contributed by atoms with Crippen molar-refractivity contribution in [3.63, 3.8) is 0 Å². The van der Waals surface area contributed by atoms with Gasteiger partial charge in [-0.3, -0.25) is 0 Å². The standard InChI is InChI=1S/C19H35N3/c1-4-20-14-7-15-21-12-5-6-13-22-16-18-8-10-19(11-9-18)17(2)3/h8-11,17,20-22H,4-7,12-16H2,1-3H3. The molecule has 0 bridgehead atoms. The van der Waals surface area contributed by atoms with Crippen molar-refractivity contribution in [3.8, 4) is 0 Å². The van der Waals surface area contributed by atoms with Crippen molar-refractivity contribution >= 4 is 0 Å². The van der Waals surface area contributed by atoms with E-state index in [0.29, 0.717) is 5.92 Å². The zero-order valence-electron chi connectivity index (χ0n) is 14.8. The maximum Gasteiger partial charge on any atom is 0.0205 e. The zero-order chi connectivity index (χ0) is 16.0. The fourth-order valence-corrected chi connectivity index (χ4v) is 2.39. The van der Waals surface area contributed by atoms with Gasteiger partial charge in [0.05, 0.1) is 0 Å². The number of hydrogen-bond donors (Lipinski definition) is 3. The molecule has 3 nitrogen and oxygen atoms in total. The minimum absolute atomic E-state index is 0.618. The van der Waals surface area contributed by atoms with E-state index in [2.05, 4.69) is 61.0 Å². The first-order chi connectivity index (χ1) is 10.7. The molecule has 1 aromatic carbocycles. The molecular formula is C19H35N3. The van der Waals surface area contributed by atoms with Gasteiger partial charge in [0.2, 0.25) is 0 Å². The highest BCUT2D eigenvalue weighted by molar-refractivity contribution is 5.24. The van der Waals surface area contributed by atoms with Crippen molar-refractivity contribution in [2.24, 2.45) is 0 Å². The molecule has 0 saturated carbocycles. The van der Waals surface area contributed by atoms with E-state index in [1.807, 2.05) is 0 Å². The lowest BCUT2D eigenvalue weighted by atomic mass is 10.0. The van der Waals surface area contributed by atoms with Gasteiger partial charge < -0.3 is 16.0 Å². The van der Waals surface area contributed by atoms with E-state index >= 15 is 0 Å². The van der Waals surface area contributed by atoms with Crippen LogP contribution in [0.1, 0.15) is 57.1 Å². The molecule has 0 amide bonds. The molecule has 0 spiro atoms. The molecule has 0 aliphatic carbocycles. The lowest BCUT2D eigenvalue weighted by Crippen LogP contribution is -2.23. The van der Waals surface area contributed by atoms with Crippen molar-refractivity contribution in [2.45, 2.75) is 52.5 Å². The first kappa shape index (κ1) is 19.1. The highest BCUT2D eigenvalue weighted by Gasteiger charge is 1.98. The molecule has 1 rings (SSSR count). The Hall–Kier alpha value is -0.900. The molecular weight excluding hydrogens is 270 g/mol. The maximum atomic E-state index is 3.53. The van der Waals surface area contributed by atoms with Crippen LogP contribution < -0.4 is 16.0 Å². The third-order valence-corrected chi connectivity index (χ3v) is 3.89. The van der Waals surface area contributed by atoms with Gasteiger partial charge in [-0.05, 0) is 69.0 Å². The Morgan fingerprint density at radius 2 is 1.36 bits per heavy atom. The second-order valence-electron chi connectivity index (χ2n) is 6.24. The molecule has 3 heteroatoms. The van der Waals surface area contributed by atoms with Crippen molar-refractivity contribution in [2.75, 3.05) is 32.7 Å². The minimum Gasteiger partial charge on any atom is -0.317 e. The molecule has 0 unspecified atom stereocenters. The van der Waals surface area contributed by atoms with Crippen molar-refractivity contribution in [1.29, 1.82) is 0 Å². The van der Waals surface area contributed by atoms with Crippen LogP contribution in [-0.4, -0.2) is 32.7 Å². The Morgan fingerprint density at radius 3 is 2.00 bits per heavy atom. The molecule has 3 N–H and O–H groups in total. The number of unbranched alkanes of at least 4 members (excludes halogenated alkanes) is 1. The van der Waals surface area contributed by atoms with Gasteiger partial charge in [0.15, 0.2) is 0 Å². The van der Waals surface area contributed by atoms with Gasteiger partial charge in [-0.2, -0.15) is 0 Å². The second kappa shape index (κ2) is 12.6. The number of nitrogens with one attached hydrogen (secondary N) is 3. The largest absolute Gasteiger partial charge is 0.317 e. The van der Waals surface area contributed by atoms with Crippen LogP contribution in [0.4, 0.5) is 0 Å². The van der Waals surface area contributed by atoms with Crippen LogP contribution in [0.25, 0.3) is 0 Å². The zero-order valence-corrected chi connectivity index (χ0v) is 14.8. The van der Waals surface area contributed by atoms with Crippen molar-refractivity contribution < 1.29 is 0 Å². The normalized spacial score (nSPS) is 11.3. The number of hydrogen-bond acceptors (Lipinski definition) is 3. The summed E-state index contributed by atoms with van der Waals surface area (Å²) >= 11 is 0. The van der Waals surface area contributed by atoms with Crippen molar-refractivity contribution in [1.82, 2.24) is 16.0 Å². The summed E-state index contributed by atoms with van der Waals surface area (Å²) in [6.07, 6.45) is 3.71. The summed E-state index contributed by atoms with van der Waals surface area (Å²) in [6.45, 7) is 13.2. The number of rotatable bonds is 13. The molecule has 0 radical (unpaired) electrons. The fraction of sp³-hybridized carbons (Fsp3) is 0.684. The molecule has 1 aromatic rings. The topological polar surface area (TPSA) is 36.1 Å². The van der Waals surface area contributed by atoms with Gasteiger partial charge in [-0.15, -0.1) is 0 Å². The first-order valence-corrected chi connectivity index (χ1v) is 8.95. The van der Waals surface area contributed by atoms with E-state index in [-0.39, 0.29) is 0 Å². The SMILES string of the molecule is CCNCCCNCCCCNCc1ccc(C(C)C)cc1. The summed E-state index contributed by atoms with van der Waals surface area (Å²) in [5.74, 6) is 0.618. The molecule has 0 aromatic heterocycles. The second-order valence-corrected chi connectivity index (χ2v) is 6.24. The average molecular weight is 306 g/mol. The van der Waals surface area contributed by atoms with Gasteiger partial charge in [-0.25, -0.2) is 0 Å². The van der Waals surface area contributed by atoms with Gasteiger partial charge >= 0.3 is 0 Å². The molecule has 0 saturated heterocycles. The summed E-state index contributed by atoms with van der Waals surface area (Å²) in [4.78, 5) is 0. The molecule has 0 aliphatic rings. The summed E-state index contributed by atoms with van der Waals surface area (Å²) in [6, 6.07) is 8.99. The van der Waals surface area contributed by atoms with Crippen LogP contribution >= 0.6 is 0 Å². The summed E-state index contributed by atoms with van der Waals surface area (Å²) < 4.78 is 0. The van der Waals surface area contributed by atoms with Crippen molar-refractivity contribution in [3.05, 3.63) is 35.4 Å². The third kappa shape index (κ3) is 9.19. The molecule has 0 aliphatic heterocycles. The van der Waals surface area contributed by atoms with Gasteiger partial charge in [0.1, 0.15) is 0 Å². The lowest BCUT2D eigenvalue weighted by molar-refractivity contribution is 0.562. The Morgan fingerprint density at radius 1 is 0.773 bits per heavy atom. The van der Waals surface area contributed by atoms with Gasteiger partial charge in [0, 0.05) is 6.54 Å². The molecule has 0 heterocycles. The van der Waals surface area contributed by atoms with E-state index in [9.17, 15) is 0 Å². The first-order valence-electron chi connectivity index (χ1n) is 8.95. The van der Waals surface area contributed by atoms with Crippen LogP contribution in [0.5, 0.6) is 0 Å². The van der Waals surface area contributed by atoms with E-state index in [4.69, 9.17) is 0 Å². The molecule has 126 valence electrons. The van der Waals surface area contributed by atoms with Gasteiger partial charge in [-0.1, -0.05) is 45.0 Å². The van der Waals surface area contributed by atoms with E-state index < -0.39 is 0 Å². The summed E-state index contributed by atoms with van der Waals surface area (Å²) in [7, 11) is 0. The highest BCUT2D eigenvalue weighted by atomic mass is 14.9. The molecule has 0 atom stereocenters. The Balaban J connectivity index is 1.93. The van der Waals surface area contributed by atoms with E-state index in [1.165, 1.54) is 30.4 Å². The van der Waals surface area contributed by atoms with Crippen LogP contribution in [0.3, 0.4) is 0 Å².